The number of rotatable bonds is 9. The SMILES string of the molecule is CCN(C(C)=O)c1nc(COC(=O)CNS(=O)(=O)/C=C/c2ccccc2)cs1. The largest absolute Gasteiger partial charge is 0.458 e. The van der Waals surface area contributed by atoms with Gasteiger partial charge in [-0.1, -0.05) is 30.3 Å². The van der Waals surface area contributed by atoms with Gasteiger partial charge in [0.1, 0.15) is 13.2 Å². The quantitative estimate of drug-likeness (QED) is 0.620. The molecule has 0 fully saturated rings. The van der Waals surface area contributed by atoms with Gasteiger partial charge in [-0.15, -0.1) is 11.3 Å². The van der Waals surface area contributed by atoms with Gasteiger partial charge in [0.15, 0.2) is 5.13 Å². The summed E-state index contributed by atoms with van der Waals surface area (Å²) in [6.45, 7) is 3.17. The lowest BCUT2D eigenvalue weighted by Crippen LogP contribution is -2.29. The van der Waals surface area contributed by atoms with Gasteiger partial charge >= 0.3 is 5.97 Å². The number of esters is 1. The van der Waals surface area contributed by atoms with Crippen LogP contribution in [0.5, 0.6) is 0 Å². The van der Waals surface area contributed by atoms with Crippen LogP contribution in [-0.4, -0.2) is 38.4 Å². The van der Waals surface area contributed by atoms with Crippen LogP contribution in [-0.2, 0) is 31.0 Å². The zero-order chi connectivity index (χ0) is 20.6. The van der Waals surface area contributed by atoms with Gasteiger partial charge in [-0.2, -0.15) is 0 Å². The summed E-state index contributed by atoms with van der Waals surface area (Å²) in [7, 11) is -3.77. The van der Waals surface area contributed by atoms with Crippen molar-refractivity contribution in [2.24, 2.45) is 0 Å². The van der Waals surface area contributed by atoms with Crippen LogP contribution in [0, 0.1) is 0 Å². The van der Waals surface area contributed by atoms with E-state index in [1.807, 2.05) is 13.0 Å². The lowest BCUT2D eigenvalue weighted by Gasteiger charge is -2.14. The summed E-state index contributed by atoms with van der Waals surface area (Å²) in [4.78, 5) is 29.0. The summed E-state index contributed by atoms with van der Waals surface area (Å²) < 4.78 is 31.0. The maximum atomic E-state index is 11.9. The predicted molar refractivity (Wildman–Crippen MR) is 108 cm³/mol. The molecule has 150 valence electrons. The van der Waals surface area contributed by atoms with E-state index >= 15 is 0 Å². The van der Waals surface area contributed by atoms with E-state index in [2.05, 4.69) is 9.71 Å². The molecule has 0 unspecified atom stereocenters. The van der Waals surface area contributed by atoms with Crippen LogP contribution < -0.4 is 9.62 Å². The lowest BCUT2D eigenvalue weighted by atomic mass is 10.2. The first-order valence-corrected chi connectivity index (χ1v) is 10.8. The molecule has 8 nitrogen and oxygen atoms in total. The van der Waals surface area contributed by atoms with E-state index < -0.39 is 22.5 Å². The molecule has 0 aliphatic heterocycles. The molecule has 0 bridgehead atoms. The van der Waals surface area contributed by atoms with E-state index in [9.17, 15) is 18.0 Å². The van der Waals surface area contributed by atoms with Crippen LogP contribution in [0.25, 0.3) is 6.08 Å². The highest BCUT2D eigenvalue weighted by atomic mass is 32.2. The summed E-state index contributed by atoms with van der Waals surface area (Å²) >= 11 is 1.27. The van der Waals surface area contributed by atoms with Crippen molar-refractivity contribution >= 4 is 44.4 Å². The zero-order valence-electron chi connectivity index (χ0n) is 15.5. The zero-order valence-corrected chi connectivity index (χ0v) is 17.1. The van der Waals surface area contributed by atoms with Gasteiger partial charge in [-0.25, -0.2) is 18.1 Å². The molecule has 1 aromatic heterocycles. The highest BCUT2D eigenvalue weighted by molar-refractivity contribution is 7.92. The number of nitrogens with zero attached hydrogens (tertiary/aromatic N) is 2. The van der Waals surface area contributed by atoms with Crippen molar-refractivity contribution in [2.75, 3.05) is 18.0 Å². The van der Waals surface area contributed by atoms with E-state index in [0.29, 0.717) is 17.4 Å². The Labute approximate surface area is 167 Å². The van der Waals surface area contributed by atoms with Crippen LogP contribution in [0.15, 0.2) is 41.1 Å². The first kappa shape index (κ1) is 21.7. The standard InChI is InChI=1S/C18H21N3O5S2/c1-3-21(14(2)22)18-20-16(13-27-18)12-26-17(23)11-19-28(24,25)10-9-15-7-5-4-6-8-15/h4-10,13,19H,3,11-12H2,1-2H3/b10-9+. The number of amides is 1. The summed E-state index contributed by atoms with van der Waals surface area (Å²) in [6, 6.07) is 8.92. The van der Waals surface area contributed by atoms with Crippen molar-refractivity contribution in [3.63, 3.8) is 0 Å². The molecule has 1 aromatic carbocycles. The number of carbonyl (C=O) groups excluding carboxylic acids is 2. The summed E-state index contributed by atoms with van der Waals surface area (Å²) in [5.41, 5.74) is 1.21. The monoisotopic (exact) mass is 423 g/mol. The normalized spacial score (nSPS) is 11.5. The van der Waals surface area contributed by atoms with Gasteiger partial charge < -0.3 is 4.74 Å². The van der Waals surface area contributed by atoms with E-state index in [1.165, 1.54) is 29.2 Å². The molecule has 0 saturated heterocycles. The van der Waals surface area contributed by atoms with Crippen molar-refractivity contribution in [3.05, 3.63) is 52.4 Å². The Bertz CT molecular complexity index is 939. The summed E-state index contributed by atoms with van der Waals surface area (Å²) in [5.74, 6) is -0.858. The fourth-order valence-corrected chi connectivity index (χ4v) is 3.79. The van der Waals surface area contributed by atoms with Crippen molar-refractivity contribution in [3.8, 4) is 0 Å². The highest BCUT2D eigenvalue weighted by Crippen LogP contribution is 2.21. The number of sulfonamides is 1. The first-order valence-electron chi connectivity index (χ1n) is 8.41. The molecule has 0 spiro atoms. The van der Waals surface area contributed by atoms with Crippen molar-refractivity contribution in [1.29, 1.82) is 0 Å². The summed E-state index contributed by atoms with van der Waals surface area (Å²) in [6.07, 6.45) is 1.43. The van der Waals surface area contributed by atoms with Crippen LogP contribution in [0.4, 0.5) is 5.13 Å². The number of aromatic nitrogens is 1. The number of hydrogen-bond acceptors (Lipinski definition) is 7. The van der Waals surface area contributed by atoms with Crippen LogP contribution in [0.2, 0.25) is 0 Å². The van der Waals surface area contributed by atoms with Gasteiger partial charge in [-0.05, 0) is 18.6 Å². The lowest BCUT2D eigenvalue weighted by molar-refractivity contribution is -0.143. The van der Waals surface area contributed by atoms with Crippen LogP contribution in [0.3, 0.4) is 0 Å². The maximum Gasteiger partial charge on any atom is 0.321 e. The second kappa shape index (κ2) is 10.1. The third-order valence-corrected chi connectivity index (χ3v) is 5.46. The second-order valence-corrected chi connectivity index (χ2v) is 8.11. The number of anilines is 1. The minimum absolute atomic E-state index is 0.105. The van der Waals surface area contributed by atoms with Gasteiger partial charge in [0.2, 0.25) is 15.9 Å². The Morgan fingerprint density at radius 2 is 2.00 bits per heavy atom. The van der Waals surface area contributed by atoms with E-state index in [1.54, 1.807) is 29.6 Å². The molecule has 1 N–H and O–H groups in total. The topological polar surface area (TPSA) is 106 Å². The fraction of sp³-hybridized carbons (Fsp3) is 0.278. The number of carbonyl (C=O) groups is 2. The van der Waals surface area contributed by atoms with Crippen molar-refractivity contribution in [2.45, 2.75) is 20.5 Å². The average Bonchev–Trinajstić information content (AvgIpc) is 3.13. The fourth-order valence-electron chi connectivity index (χ4n) is 2.12. The molecule has 28 heavy (non-hydrogen) atoms. The maximum absolute atomic E-state index is 11.9. The molecule has 1 amide bonds. The minimum atomic E-state index is -3.77. The summed E-state index contributed by atoms with van der Waals surface area (Å²) in [5, 5.41) is 3.19. The molecule has 0 aliphatic rings. The van der Waals surface area contributed by atoms with E-state index in [-0.39, 0.29) is 12.5 Å². The Hall–Kier alpha value is -2.56. The number of benzene rings is 1. The number of thiazole rings is 1. The number of nitrogens with one attached hydrogen (secondary N) is 1. The van der Waals surface area contributed by atoms with Gasteiger partial charge in [-0.3, -0.25) is 14.5 Å². The minimum Gasteiger partial charge on any atom is -0.458 e. The second-order valence-electron chi connectivity index (χ2n) is 5.62. The Morgan fingerprint density at radius 3 is 2.64 bits per heavy atom. The molecule has 1 heterocycles. The van der Waals surface area contributed by atoms with Crippen LogP contribution in [0.1, 0.15) is 25.1 Å². The Balaban J connectivity index is 1.82. The number of hydrogen-bond donors (Lipinski definition) is 1. The molecular formula is C18H21N3O5S2. The Morgan fingerprint density at radius 1 is 1.29 bits per heavy atom. The van der Waals surface area contributed by atoms with Gasteiger partial charge in [0.05, 0.1) is 5.69 Å². The molecule has 2 aromatic rings. The highest BCUT2D eigenvalue weighted by Gasteiger charge is 2.15. The third-order valence-electron chi connectivity index (χ3n) is 3.50. The first-order chi connectivity index (χ1) is 13.3. The molecule has 0 saturated carbocycles. The molecular weight excluding hydrogens is 402 g/mol. The Kier molecular flexibility index (Phi) is 7.85. The van der Waals surface area contributed by atoms with Gasteiger partial charge in [0, 0.05) is 24.3 Å². The molecule has 10 heteroatoms. The average molecular weight is 424 g/mol. The van der Waals surface area contributed by atoms with Crippen LogP contribution >= 0.6 is 11.3 Å². The predicted octanol–water partition coefficient (Wildman–Crippen LogP) is 2.15. The molecule has 0 atom stereocenters. The van der Waals surface area contributed by atoms with E-state index in [0.717, 1.165) is 11.0 Å². The molecule has 0 radical (unpaired) electrons. The van der Waals surface area contributed by atoms with E-state index in [4.69, 9.17) is 4.74 Å². The molecule has 0 aliphatic carbocycles. The van der Waals surface area contributed by atoms with Crippen molar-refractivity contribution < 1.29 is 22.7 Å². The number of ether oxygens (including phenoxy) is 1. The smallest absolute Gasteiger partial charge is 0.321 e. The van der Waals surface area contributed by atoms with Crippen molar-refractivity contribution in [1.82, 2.24) is 9.71 Å². The van der Waals surface area contributed by atoms with Gasteiger partial charge in [0.25, 0.3) is 0 Å². The molecule has 2 rings (SSSR count). The third kappa shape index (κ3) is 6.87.